The fourth-order valence-corrected chi connectivity index (χ4v) is 1.73. The summed E-state index contributed by atoms with van der Waals surface area (Å²) in [4.78, 5) is 36.0. The number of pyridine rings is 1. The Balaban J connectivity index is 2.85. The van der Waals surface area contributed by atoms with Gasteiger partial charge in [-0.05, 0) is 19.4 Å². The monoisotopic (exact) mass is 301 g/mol. The Morgan fingerprint density at radius 3 is 2.80 bits per heavy atom. The molecule has 0 aliphatic heterocycles. The second kappa shape index (κ2) is 6.80. The Kier molecular flexibility index (Phi) is 5.39. The molecule has 1 unspecified atom stereocenters. The van der Waals surface area contributed by atoms with Gasteiger partial charge >= 0.3 is 11.7 Å². The van der Waals surface area contributed by atoms with Gasteiger partial charge in [0.15, 0.2) is 0 Å². The van der Waals surface area contributed by atoms with E-state index in [0.717, 1.165) is 0 Å². The van der Waals surface area contributed by atoms with Gasteiger partial charge in [0.1, 0.15) is 5.56 Å². The van der Waals surface area contributed by atoms with Gasteiger partial charge in [-0.1, -0.05) is 11.6 Å². The molecule has 0 saturated carbocycles. The van der Waals surface area contributed by atoms with Crippen LogP contribution in [0.5, 0.6) is 0 Å². The number of aliphatic carboxylic acids is 1. The summed E-state index contributed by atoms with van der Waals surface area (Å²) in [5.74, 6) is -1.68. The van der Waals surface area contributed by atoms with Gasteiger partial charge in [-0.3, -0.25) is 19.7 Å². The van der Waals surface area contributed by atoms with Gasteiger partial charge in [0, 0.05) is 18.7 Å². The lowest BCUT2D eigenvalue weighted by atomic mass is 10.1. The van der Waals surface area contributed by atoms with Crippen molar-refractivity contribution in [3.8, 4) is 0 Å². The number of carbonyl (C=O) groups is 2. The van der Waals surface area contributed by atoms with Gasteiger partial charge in [0.05, 0.1) is 4.92 Å². The van der Waals surface area contributed by atoms with Crippen LogP contribution in [0.25, 0.3) is 0 Å². The lowest BCUT2D eigenvalue weighted by Crippen LogP contribution is -2.33. The smallest absolute Gasteiger partial charge is 0.319 e. The van der Waals surface area contributed by atoms with Crippen molar-refractivity contribution in [3.05, 3.63) is 33.1 Å². The molecule has 0 aromatic carbocycles. The van der Waals surface area contributed by atoms with Crippen molar-refractivity contribution in [2.75, 3.05) is 0 Å². The van der Waals surface area contributed by atoms with E-state index in [9.17, 15) is 19.7 Å². The lowest BCUT2D eigenvalue weighted by Gasteiger charge is -2.12. The average molecular weight is 302 g/mol. The molecule has 0 fully saturated rings. The molecule has 0 spiro atoms. The molecule has 2 N–H and O–H groups in total. The number of nitrogens with zero attached hydrogens (tertiary/aromatic N) is 2. The number of nitrogens with one attached hydrogen (secondary N) is 1. The maximum atomic E-state index is 11.9. The predicted octanol–water partition coefficient (Wildman–Crippen LogP) is 1.63. The number of hydrogen-bond acceptors (Lipinski definition) is 5. The molecule has 1 rings (SSSR count). The van der Waals surface area contributed by atoms with Gasteiger partial charge in [0.2, 0.25) is 5.15 Å². The van der Waals surface area contributed by atoms with E-state index in [2.05, 4.69) is 10.3 Å². The van der Waals surface area contributed by atoms with Crippen LogP contribution in [0.1, 0.15) is 30.1 Å². The normalized spacial score (nSPS) is 11.7. The standard InChI is InChI=1S/C11H12ClN3O5/c1-6(2-3-8(16)17)14-11(18)7-4-5-13-10(12)9(7)15(19)20/h4-6H,2-3H2,1H3,(H,14,18)(H,16,17). The number of hydrogen-bond donors (Lipinski definition) is 2. The van der Waals surface area contributed by atoms with Gasteiger partial charge in [-0.2, -0.15) is 0 Å². The minimum atomic E-state index is -0.982. The van der Waals surface area contributed by atoms with Crippen molar-refractivity contribution in [2.24, 2.45) is 0 Å². The summed E-state index contributed by atoms with van der Waals surface area (Å²) in [6.45, 7) is 1.61. The minimum absolute atomic E-state index is 0.110. The van der Waals surface area contributed by atoms with Gasteiger partial charge < -0.3 is 10.4 Å². The molecule has 0 radical (unpaired) electrons. The number of rotatable bonds is 6. The van der Waals surface area contributed by atoms with E-state index in [1.165, 1.54) is 12.3 Å². The zero-order valence-corrected chi connectivity index (χ0v) is 11.3. The third-order valence-electron chi connectivity index (χ3n) is 2.48. The highest BCUT2D eigenvalue weighted by Gasteiger charge is 2.25. The number of carbonyl (C=O) groups excluding carboxylic acids is 1. The van der Waals surface area contributed by atoms with Crippen LogP contribution >= 0.6 is 11.6 Å². The Morgan fingerprint density at radius 1 is 1.60 bits per heavy atom. The summed E-state index contributed by atoms with van der Waals surface area (Å²) in [7, 11) is 0. The first kappa shape index (κ1) is 15.8. The van der Waals surface area contributed by atoms with E-state index >= 15 is 0 Å². The zero-order chi connectivity index (χ0) is 15.3. The Hall–Kier alpha value is -2.22. The molecular weight excluding hydrogens is 290 g/mol. The van der Waals surface area contributed by atoms with Crippen molar-refractivity contribution in [1.29, 1.82) is 0 Å². The molecule has 1 amide bonds. The number of amides is 1. The van der Waals surface area contributed by atoms with Gasteiger partial charge in [0.25, 0.3) is 5.91 Å². The third kappa shape index (κ3) is 4.16. The molecule has 20 heavy (non-hydrogen) atoms. The average Bonchev–Trinajstić information content (AvgIpc) is 2.35. The molecule has 9 heteroatoms. The highest BCUT2D eigenvalue weighted by molar-refractivity contribution is 6.32. The second-order valence-electron chi connectivity index (χ2n) is 4.06. The number of nitro groups is 1. The number of aromatic nitrogens is 1. The summed E-state index contributed by atoms with van der Waals surface area (Å²) in [5, 5.41) is 21.5. The highest BCUT2D eigenvalue weighted by Crippen LogP contribution is 2.25. The SMILES string of the molecule is CC(CCC(=O)O)NC(=O)c1ccnc(Cl)c1[N+](=O)[O-]. The van der Waals surface area contributed by atoms with Crippen molar-refractivity contribution in [1.82, 2.24) is 10.3 Å². The Morgan fingerprint density at radius 2 is 2.25 bits per heavy atom. The maximum absolute atomic E-state index is 11.9. The quantitative estimate of drug-likeness (QED) is 0.467. The van der Waals surface area contributed by atoms with Crippen LogP contribution in [0.2, 0.25) is 5.15 Å². The van der Waals surface area contributed by atoms with Gasteiger partial charge in [-0.25, -0.2) is 4.98 Å². The van der Waals surface area contributed by atoms with Crippen LogP contribution in [0.3, 0.4) is 0 Å². The molecule has 0 aliphatic carbocycles. The summed E-state index contributed by atoms with van der Waals surface area (Å²) in [5.41, 5.74) is -0.783. The fourth-order valence-electron chi connectivity index (χ4n) is 1.50. The number of halogens is 1. The van der Waals surface area contributed by atoms with Crippen LogP contribution in [0.4, 0.5) is 5.69 Å². The molecule has 1 aromatic heterocycles. The van der Waals surface area contributed by atoms with Crippen LogP contribution < -0.4 is 5.32 Å². The highest BCUT2D eigenvalue weighted by atomic mass is 35.5. The van der Waals surface area contributed by atoms with Gasteiger partial charge in [-0.15, -0.1) is 0 Å². The van der Waals surface area contributed by atoms with E-state index in [1.807, 2.05) is 0 Å². The number of carboxylic acid groups (broad SMARTS) is 1. The first-order valence-corrected chi connectivity index (χ1v) is 6.02. The Bertz CT molecular complexity index is 549. The molecular formula is C11H12ClN3O5. The van der Waals surface area contributed by atoms with Crippen molar-refractivity contribution < 1.29 is 19.6 Å². The molecule has 1 aromatic rings. The van der Waals surface area contributed by atoms with Crippen LogP contribution in [-0.2, 0) is 4.79 Å². The van der Waals surface area contributed by atoms with Crippen molar-refractivity contribution >= 4 is 29.2 Å². The topological polar surface area (TPSA) is 122 Å². The predicted molar refractivity (Wildman–Crippen MR) is 69.7 cm³/mol. The van der Waals surface area contributed by atoms with Crippen molar-refractivity contribution in [3.63, 3.8) is 0 Å². The molecule has 108 valence electrons. The summed E-state index contributed by atoms with van der Waals surface area (Å²) < 4.78 is 0. The fraction of sp³-hybridized carbons (Fsp3) is 0.364. The van der Waals surface area contributed by atoms with Crippen LogP contribution in [-0.4, -0.2) is 32.9 Å². The van der Waals surface area contributed by atoms with E-state index in [-0.39, 0.29) is 23.6 Å². The summed E-state index contributed by atoms with van der Waals surface area (Å²) in [6.07, 6.45) is 1.29. The molecule has 0 saturated heterocycles. The summed E-state index contributed by atoms with van der Waals surface area (Å²) in [6, 6.07) is 0.744. The first-order chi connectivity index (χ1) is 9.32. The van der Waals surface area contributed by atoms with E-state index in [1.54, 1.807) is 6.92 Å². The number of carboxylic acids is 1. The van der Waals surface area contributed by atoms with Crippen molar-refractivity contribution in [2.45, 2.75) is 25.8 Å². The lowest BCUT2D eigenvalue weighted by molar-refractivity contribution is -0.385. The first-order valence-electron chi connectivity index (χ1n) is 5.64. The van der Waals surface area contributed by atoms with Crippen LogP contribution in [0, 0.1) is 10.1 Å². The maximum Gasteiger partial charge on any atom is 0.319 e. The Labute approximate surface area is 118 Å². The molecule has 0 aliphatic rings. The largest absolute Gasteiger partial charge is 0.481 e. The molecule has 1 heterocycles. The second-order valence-corrected chi connectivity index (χ2v) is 4.42. The third-order valence-corrected chi connectivity index (χ3v) is 2.75. The van der Waals surface area contributed by atoms with E-state index in [4.69, 9.17) is 16.7 Å². The van der Waals surface area contributed by atoms with Crippen LogP contribution in [0.15, 0.2) is 12.3 Å². The molecule has 1 atom stereocenters. The molecule has 0 bridgehead atoms. The van der Waals surface area contributed by atoms with E-state index < -0.39 is 28.5 Å². The summed E-state index contributed by atoms with van der Waals surface area (Å²) >= 11 is 5.60. The zero-order valence-electron chi connectivity index (χ0n) is 10.5. The molecule has 8 nitrogen and oxygen atoms in total. The van der Waals surface area contributed by atoms with E-state index in [0.29, 0.717) is 0 Å². The minimum Gasteiger partial charge on any atom is -0.481 e.